The number of esters is 1. The van der Waals surface area contributed by atoms with Crippen molar-refractivity contribution in [2.75, 3.05) is 6.61 Å². The summed E-state index contributed by atoms with van der Waals surface area (Å²) >= 11 is 0. The average Bonchev–Trinajstić information content (AvgIpc) is 2.37. The van der Waals surface area contributed by atoms with Crippen molar-refractivity contribution in [2.24, 2.45) is 16.2 Å². The lowest BCUT2D eigenvalue weighted by Crippen LogP contribution is -2.42. The van der Waals surface area contributed by atoms with Gasteiger partial charge >= 0.3 is 5.97 Å². The lowest BCUT2D eigenvalue weighted by atomic mass is 9.63. The maximum Gasteiger partial charge on any atom is 0.311 e. The minimum Gasteiger partial charge on any atom is -0.466 e. The smallest absolute Gasteiger partial charge is 0.311 e. The molecule has 0 bridgehead atoms. The standard InChI is InChI=1S/C18H32O4/c1-9-17(7,15(21)22-10-2)12-18(8,14(4)20)11-16(5,6)13(3)19/h9-12H2,1-8H3. The molecule has 0 aliphatic heterocycles. The van der Waals surface area contributed by atoms with Gasteiger partial charge in [-0.2, -0.15) is 0 Å². The van der Waals surface area contributed by atoms with Crippen LogP contribution in [-0.2, 0) is 19.1 Å². The predicted molar refractivity (Wildman–Crippen MR) is 87.5 cm³/mol. The number of ether oxygens (including phenoxy) is 1. The van der Waals surface area contributed by atoms with Gasteiger partial charge in [0.05, 0.1) is 12.0 Å². The third-order valence-corrected chi connectivity index (χ3v) is 4.96. The summed E-state index contributed by atoms with van der Waals surface area (Å²) < 4.78 is 5.18. The molecular formula is C18H32O4. The van der Waals surface area contributed by atoms with Crippen LogP contribution in [0.25, 0.3) is 0 Å². The average molecular weight is 312 g/mol. The molecule has 0 amide bonds. The first-order valence-corrected chi connectivity index (χ1v) is 8.04. The zero-order chi connectivity index (χ0) is 17.8. The molecule has 0 aromatic rings. The highest BCUT2D eigenvalue weighted by atomic mass is 16.5. The van der Waals surface area contributed by atoms with Crippen molar-refractivity contribution in [3.05, 3.63) is 0 Å². The van der Waals surface area contributed by atoms with Crippen LogP contribution in [0.1, 0.15) is 74.7 Å². The maximum atomic E-state index is 12.3. The molecule has 0 aliphatic carbocycles. The van der Waals surface area contributed by atoms with Crippen LogP contribution >= 0.6 is 0 Å². The Kier molecular flexibility index (Phi) is 6.98. The largest absolute Gasteiger partial charge is 0.466 e. The SMILES string of the molecule is CCOC(=O)C(C)(CC)CC(C)(CC(C)(C)C(C)=O)C(C)=O. The zero-order valence-corrected chi connectivity index (χ0v) is 15.5. The molecule has 0 aromatic heterocycles. The number of Topliss-reactive ketones (excluding diaryl/α,β-unsaturated/α-hetero) is 2. The van der Waals surface area contributed by atoms with Gasteiger partial charge in [0.15, 0.2) is 0 Å². The van der Waals surface area contributed by atoms with E-state index in [4.69, 9.17) is 4.74 Å². The van der Waals surface area contributed by atoms with Crippen molar-refractivity contribution in [1.82, 2.24) is 0 Å². The molecule has 2 atom stereocenters. The first kappa shape index (κ1) is 20.8. The molecule has 0 spiro atoms. The Balaban J connectivity index is 5.54. The molecule has 0 saturated heterocycles. The molecule has 0 radical (unpaired) electrons. The molecular weight excluding hydrogens is 280 g/mol. The van der Waals surface area contributed by atoms with E-state index < -0.39 is 16.2 Å². The maximum absolute atomic E-state index is 12.3. The van der Waals surface area contributed by atoms with Gasteiger partial charge in [-0.25, -0.2) is 0 Å². The van der Waals surface area contributed by atoms with Crippen LogP contribution < -0.4 is 0 Å². The number of hydrogen-bond acceptors (Lipinski definition) is 4. The van der Waals surface area contributed by atoms with E-state index >= 15 is 0 Å². The van der Waals surface area contributed by atoms with E-state index in [9.17, 15) is 14.4 Å². The van der Waals surface area contributed by atoms with Crippen LogP contribution in [0.4, 0.5) is 0 Å². The molecule has 4 heteroatoms. The first-order chi connectivity index (χ1) is 9.84. The summed E-state index contributed by atoms with van der Waals surface area (Å²) in [6.07, 6.45) is 1.41. The normalized spacial score (nSPS) is 17.3. The van der Waals surface area contributed by atoms with Crippen LogP contribution in [0, 0.1) is 16.2 Å². The Hall–Kier alpha value is -1.19. The van der Waals surface area contributed by atoms with Crippen molar-refractivity contribution in [2.45, 2.75) is 74.7 Å². The number of rotatable bonds is 9. The molecule has 0 heterocycles. The summed E-state index contributed by atoms with van der Waals surface area (Å²) in [7, 11) is 0. The molecule has 0 aliphatic rings. The van der Waals surface area contributed by atoms with E-state index in [2.05, 4.69) is 0 Å². The van der Waals surface area contributed by atoms with Crippen LogP contribution in [0.3, 0.4) is 0 Å². The molecule has 0 saturated carbocycles. The van der Waals surface area contributed by atoms with Crippen molar-refractivity contribution in [3.8, 4) is 0 Å². The number of ketones is 2. The van der Waals surface area contributed by atoms with Crippen LogP contribution in [0.2, 0.25) is 0 Å². The third kappa shape index (κ3) is 4.92. The van der Waals surface area contributed by atoms with E-state index in [-0.39, 0.29) is 17.5 Å². The minimum atomic E-state index is -0.729. The number of carbonyl (C=O) groups excluding carboxylic acids is 3. The second kappa shape index (κ2) is 7.38. The quantitative estimate of drug-likeness (QED) is 0.605. The summed E-state index contributed by atoms with van der Waals surface area (Å²) in [4.78, 5) is 36.4. The zero-order valence-electron chi connectivity index (χ0n) is 15.5. The Morgan fingerprint density at radius 2 is 1.32 bits per heavy atom. The Morgan fingerprint density at radius 1 is 0.818 bits per heavy atom. The Bertz CT molecular complexity index is 438. The summed E-state index contributed by atoms with van der Waals surface area (Å²) in [5, 5.41) is 0. The first-order valence-electron chi connectivity index (χ1n) is 8.04. The summed E-state index contributed by atoms with van der Waals surface area (Å²) in [6.45, 7) is 14.5. The van der Waals surface area contributed by atoms with Crippen LogP contribution in [-0.4, -0.2) is 24.1 Å². The lowest BCUT2D eigenvalue weighted by molar-refractivity contribution is -0.158. The van der Waals surface area contributed by atoms with E-state index in [0.29, 0.717) is 25.9 Å². The summed E-state index contributed by atoms with van der Waals surface area (Å²) in [5.74, 6) is -0.217. The molecule has 0 N–H and O–H groups in total. The van der Waals surface area contributed by atoms with Crippen molar-refractivity contribution >= 4 is 17.5 Å². The molecule has 2 unspecified atom stereocenters. The molecule has 22 heavy (non-hydrogen) atoms. The monoisotopic (exact) mass is 312 g/mol. The topological polar surface area (TPSA) is 60.4 Å². The van der Waals surface area contributed by atoms with Gasteiger partial charge in [-0.15, -0.1) is 0 Å². The van der Waals surface area contributed by atoms with Gasteiger partial charge in [0.2, 0.25) is 0 Å². The highest BCUT2D eigenvalue weighted by Crippen LogP contribution is 2.45. The van der Waals surface area contributed by atoms with Gasteiger partial charge in [0.1, 0.15) is 11.6 Å². The van der Waals surface area contributed by atoms with Gasteiger partial charge in [-0.05, 0) is 47.0 Å². The number of carbonyl (C=O) groups is 3. The minimum absolute atomic E-state index is 0.00537. The van der Waals surface area contributed by atoms with E-state index in [0.717, 1.165) is 0 Å². The molecule has 0 aromatic carbocycles. The lowest BCUT2D eigenvalue weighted by Gasteiger charge is -2.40. The third-order valence-electron chi connectivity index (χ3n) is 4.96. The fraction of sp³-hybridized carbons (Fsp3) is 0.833. The fourth-order valence-corrected chi connectivity index (χ4v) is 2.92. The van der Waals surface area contributed by atoms with Gasteiger partial charge in [-0.3, -0.25) is 14.4 Å². The van der Waals surface area contributed by atoms with Crippen molar-refractivity contribution in [1.29, 1.82) is 0 Å². The summed E-state index contributed by atoms with van der Waals surface area (Å²) in [5.41, 5.74) is -2.04. The molecule has 0 fully saturated rings. The van der Waals surface area contributed by atoms with Crippen molar-refractivity contribution in [3.63, 3.8) is 0 Å². The van der Waals surface area contributed by atoms with Crippen LogP contribution in [0.5, 0.6) is 0 Å². The number of hydrogen-bond donors (Lipinski definition) is 0. The van der Waals surface area contributed by atoms with Gasteiger partial charge in [0.25, 0.3) is 0 Å². The molecule has 4 nitrogen and oxygen atoms in total. The van der Waals surface area contributed by atoms with Crippen LogP contribution in [0.15, 0.2) is 0 Å². The molecule has 128 valence electrons. The highest BCUT2D eigenvalue weighted by Gasteiger charge is 2.46. The van der Waals surface area contributed by atoms with Gasteiger partial charge < -0.3 is 4.74 Å². The Morgan fingerprint density at radius 3 is 1.64 bits per heavy atom. The van der Waals surface area contributed by atoms with Gasteiger partial charge in [-0.1, -0.05) is 27.7 Å². The second-order valence-corrected chi connectivity index (χ2v) is 7.55. The Labute approximate surface area is 135 Å². The predicted octanol–water partition coefficient (Wildman–Crippen LogP) is 3.96. The van der Waals surface area contributed by atoms with E-state index in [1.54, 1.807) is 13.8 Å². The second-order valence-electron chi connectivity index (χ2n) is 7.55. The van der Waals surface area contributed by atoms with Crippen molar-refractivity contribution < 1.29 is 19.1 Å². The molecule has 0 rings (SSSR count). The fourth-order valence-electron chi connectivity index (χ4n) is 2.92. The van der Waals surface area contributed by atoms with E-state index in [1.165, 1.54) is 6.92 Å². The summed E-state index contributed by atoms with van der Waals surface area (Å²) in [6, 6.07) is 0. The van der Waals surface area contributed by atoms with E-state index in [1.807, 2.05) is 34.6 Å². The van der Waals surface area contributed by atoms with Gasteiger partial charge in [0, 0.05) is 10.8 Å². The highest BCUT2D eigenvalue weighted by molar-refractivity contribution is 5.86.